The van der Waals surface area contributed by atoms with Crippen LogP contribution in [0.4, 0.5) is 21.7 Å². The van der Waals surface area contributed by atoms with Crippen LogP contribution >= 0.6 is 0 Å². The lowest BCUT2D eigenvalue weighted by Crippen LogP contribution is -2.56. The number of nitriles is 1. The van der Waals surface area contributed by atoms with Gasteiger partial charge >= 0.3 is 0 Å². The van der Waals surface area contributed by atoms with Gasteiger partial charge in [0, 0.05) is 56.1 Å². The number of likely N-dealkylation sites (tertiary alicyclic amines) is 1. The lowest BCUT2D eigenvalue weighted by atomic mass is 10.0. The quantitative estimate of drug-likeness (QED) is 0.361. The molecule has 2 N–H and O–H groups in total. The first kappa shape index (κ1) is 31.6. The normalized spacial score (nSPS) is 21.4. The summed E-state index contributed by atoms with van der Waals surface area (Å²) < 4.78 is 26.3. The molecule has 6 rings (SSSR count). The highest BCUT2D eigenvalue weighted by Gasteiger charge is 2.36. The third kappa shape index (κ3) is 7.04. The molecule has 46 heavy (non-hydrogen) atoms. The van der Waals surface area contributed by atoms with Crippen molar-refractivity contribution in [1.82, 2.24) is 24.8 Å². The van der Waals surface area contributed by atoms with Gasteiger partial charge in [0.05, 0.1) is 31.4 Å². The van der Waals surface area contributed by atoms with Crippen LogP contribution in [0.15, 0.2) is 48.8 Å². The number of piperazine rings is 1. The van der Waals surface area contributed by atoms with Gasteiger partial charge in [0.2, 0.25) is 5.95 Å². The molecule has 3 fully saturated rings. The molecule has 3 saturated heterocycles. The average molecular weight is 631 g/mol. The number of benzene rings is 2. The number of hydrogen-bond acceptors (Lipinski definition) is 11. The van der Waals surface area contributed by atoms with E-state index in [0.29, 0.717) is 23.4 Å². The number of rotatable bonds is 9. The van der Waals surface area contributed by atoms with Gasteiger partial charge in [0.25, 0.3) is 5.91 Å². The Labute approximate surface area is 267 Å². The summed E-state index contributed by atoms with van der Waals surface area (Å²) in [5.74, 6) is 0.226. The largest absolute Gasteiger partial charge is 0.486 e. The highest BCUT2D eigenvalue weighted by atomic mass is 19.1. The molecule has 12 nitrogen and oxygen atoms in total. The zero-order valence-electron chi connectivity index (χ0n) is 26.0. The number of carbonyl (C=O) groups excluding carboxylic acids is 1. The number of anilines is 3. The van der Waals surface area contributed by atoms with Gasteiger partial charge in [-0.25, -0.2) is 14.4 Å². The summed E-state index contributed by atoms with van der Waals surface area (Å²) in [6, 6.07) is 15.8. The Kier molecular flexibility index (Phi) is 9.58. The molecule has 4 heterocycles. The molecule has 3 aliphatic rings. The number of halogens is 1. The molecule has 242 valence electrons. The van der Waals surface area contributed by atoms with Crippen LogP contribution in [0.1, 0.15) is 25.8 Å². The number of ether oxygens (including phenoxy) is 2. The molecule has 0 aliphatic carbocycles. The van der Waals surface area contributed by atoms with Gasteiger partial charge in [0.15, 0.2) is 12.0 Å². The van der Waals surface area contributed by atoms with E-state index in [-0.39, 0.29) is 36.7 Å². The van der Waals surface area contributed by atoms with Gasteiger partial charge in [-0.15, -0.1) is 0 Å². The number of aliphatic hydroxyl groups is 1. The zero-order valence-corrected chi connectivity index (χ0v) is 26.0. The van der Waals surface area contributed by atoms with Crippen LogP contribution in [0.5, 0.6) is 5.75 Å². The summed E-state index contributed by atoms with van der Waals surface area (Å²) in [5.41, 5.74) is 2.80. The Morgan fingerprint density at radius 3 is 2.52 bits per heavy atom. The molecular formula is C33H39FN8O4. The van der Waals surface area contributed by atoms with E-state index in [1.54, 1.807) is 32.0 Å². The van der Waals surface area contributed by atoms with Gasteiger partial charge in [-0.2, -0.15) is 10.2 Å². The highest BCUT2D eigenvalue weighted by molar-refractivity contribution is 5.81. The second-order valence-corrected chi connectivity index (χ2v) is 12.3. The standard InChI is InChI=1S/C33H39FN8O4/c1-21(2)30(43)32(44)42-10-9-29(27(34)17-42)46-28-8-3-22(15-23(28)16-35)31-36-20-37-33(39-31)38-24-4-6-25(7-5-24)40-11-13-41(14-12-40)26-18-45-19-26/h3-8,15,20-21,26-27,29-30,43H,9-14,17-19H2,1-2H3,(H,36,37,38,39)/t27-,29?,30+/m1/s1. The third-order valence-corrected chi connectivity index (χ3v) is 8.83. The van der Waals surface area contributed by atoms with E-state index in [9.17, 15) is 15.2 Å². The lowest BCUT2D eigenvalue weighted by Gasteiger charge is -2.43. The Morgan fingerprint density at radius 1 is 1.11 bits per heavy atom. The lowest BCUT2D eigenvalue weighted by molar-refractivity contribution is -0.146. The van der Waals surface area contributed by atoms with E-state index in [1.165, 1.54) is 16.9 Å². The van der Waals surface area contributed by atoms with E-state index in [4.69, 9.17) is 9.47 Å². The van der Waals surface area contributed by atoms with Crippen LogP contribution in [0.25, 0.3) is 11.4 Å². The Bertz CT molecular complexity index is 1560. The predicted molar refractivity (Wildman–Crippen MR) is 169 cm³/mol. The first-order valence-electron chi connectivity index (χ1n) is 15.7. The van der Waals surface area contributed by atoms with Gasteiger partial charge in [0.1, 0.15) is 30.4 Å². The molecule has 3 aliphatic heterocycles. The number of nitrogens with zero attached hydrogens (tertiary/aromatic N) is 7. The number of nitrogens with one attached hydrogen (secondary N) is 1. The number of piperidine rings is 1. The smallest absolute Gasteiger partial charge is 0.251 e. The Morgan fingerprint density at radius 2 is 1.87 bits per heavy atom. The topological polar surface area (TPSA) is 140 Å². The van der Waals surface area contributed by atoms with Crippen molar-refractivity contribution >= 4 is 23.2 Å². The predicted octanol–water partition coefficient (Wildman–Crippen LogP) is 3.01. The van der Waals surface area contributed by atoms with Crippen molar-refractivity contribution in [2.24, 2.45) is 5.92 Å². The molecule has 0 saturated carbocycles. The summed E-state index contributed by atoms with van der Waals surface area (Å²) in [7, 11) is 0. The first-order chi connectivity index (χ1) is 22.3. The summed E-state index contributed by atoms with van der Waals surface area (Å²) in [5, 5.41) is 23.2. The van der Waals surface area contributed by atoms with Crippen LogP contribution in [0.2, 0.25) is 0 Å². The summed E-state index contributed by atoms with van der Waals surface area (Å²) in [6.45, 7) is 9.26. The molecule has 1 unspecified atom stereocenters. The second kappa shape index (κ2) is 13.9. The van der Waals surface area contributed by atoms with Crippen LogP contribution in [0, 0.1) is 17.2 Å². The van der Waals surface area contributed by atoms with Crippen LogP contribution < -0.4 is 15.0 Å². The van der Waals surface area contributed by atoms with Crippen LogP contribution in [0.3, 0.4) is 0 Å². The molecule has 1 amide bonds. The fourth-order valence-electron chi connectivity index (χ4n) is 5.87. The van der Waals surface area contributed by atoms with Crippen molar-refractivity contribution in [3.63, 3.8) is 0 Å². The van der Waals surface area contributed by atoms with Gasteiger partial charge in [-0.3, -0.25) is 9.69 Å². The van der Waals surface area contributed by atoms with Crippen molar-refractivity contribution in [3.05, 3.63) is 54.4 Å². The maximum absolute atomic E-state index is 15.1. The fraction of sp³-hybridized carbons (Fsp3) is 0.485. The summed E-state index contributed by atoms with van der Waals surface area (Å²) in [4.78, 5) is 31.8. The van der Waals surface area contributed by atoms with E-state index < -0.39 is 24.3 Å². The van der Waals surface area contributed by atoms with Crippen LogP contribution in [-0.2, 0) is 9.53 Å². The highest BCUT2D eigenvalue weighted by Crippen LogP contribution is 2.29. The number of amides is 1. The van der Waals surface area contributed by atoms with E-state index in [1.807, 2.05) is 12.1 Å². The molecule has 0 radical (unpaired) electrons. The molecule has 3 aromatic rings. The molecule has 3 atom stereocenters. The van der Waals surface area contributed by atoms with Crippen molar-refractivity contribution in [3.8, 4) is 23.2 Å². The first-order valence-corrected chi connectivity index (χ1v) is 15.7. The number of alkyl halides is 1. The minimum atomic E-state index is -1.47. The average Bonchev–Trinajstić information content (AvgIpc) is 3.05. The molecule has 0 bridgehead atoms. The summed E-state index contributed by atoms with van der Waals surface area (Å²) >= 11 is 0. The number of aromatic nitrogens is 3. The maximum atomic E-state index is 15.1. The molecule has 0 spiro atoms. The van der Waals surface area contributed by atoms with Crippen molar-refractivity contribution in [2.75, 3.05) is 62.7 Å². The maximum Gasteiger partial charge on any atom is 0.251 e. The number of hydrogen-bond donors (Lipinski definition) is 2. The summed E-state index contributed by atoms with van der Waals surface area (Å²) in [6.07, 6.45) is -1.82. The third-order valence-electron chi connectivity index (χ3n) is 8.83. The SMILES string of the molecule is CC(C)[C@H](O)C(=O)N1CCC(Oc2ccc(-c3ncnc(Nc4ccc(N5CCN(C6COC6)CC5)cc4)n3)cc2C#N)[C@H](F)C1. The second-order valence-electron chi connectivity index (χ2n) is 12.3. The molecule has 2 aromatic carbocycles. The van der Waals surface area contributed by atoms with E-state index >= 15 is 4.39 Å². The molecule has 1 aromatic heterocycles. The van der Waals surface area contributed by atoms with Crippen molar-refractivity contribution in [1.29, 1.82) is 5.26 Å². The number of carbonyl (C=O) groups is 1. The fourth-order valence-corrected chi connectivity index (χ4v) is 5.87. The molecule has 13 heteroatoms. The van der Waals surface area contributed by atoms with Crippen molar-refractivity contribution < 1.29 is 23.8 Å². The van der Waals surface area contributed by atoms with Crippen molar-refractivity contribution in [2.45, 2.75) is 44.7 Å². The van der Waals surface area contributed by atoms with Gasteiger partial charge in [-0.1, -0.05) is 13.8 Å². The number of aliphatic hydroxyl groups excluding tert-OH is 1. The minimum Gasteiger partial charge on any atom is -0.486 e. The monoisotopic (exact) mass is 630 g/mol. The zero-order chi connectivity index (χ0) is 32.2. The van der Waals surface area contributed by atoms with Gasteiger partial charge in [-0.05, 0) is 48.4 Å². The van der Waals surface area contributed by atoms with Crippen LogP contribution in [-0.4, -0.2) is 113 Å². The minimum absolute atomic E-state index is 0.176. The van der Waals surface area contributed by atoms with E-state index in [0.717, 1.165) is 45.1 Å². The Balaban J connectivity index is 1.06. The van der Waals surface area contributed by atoms with Gasteiger partial charge < -0.3 is 29.7 Å². The Hall–Kier alpha value is -4.38. The molecular weight excluding hydrogens is 591 g/mol. The van der Waals surface area contributed by atoms with E-state index in [2.05, 4.69) is 48.3 Å².